The summed E-state index contributed by atoms with van der Waals surface area (Å²) in [5.41, 5.74) is -0.625. The summed E-state index contributed by atoms with van der Waals surface area (Å²) >= 11 is 0. The number of rotatable bonds is 37. The van der Waals surface area contributed by atoms with Gasteiger partial charge in [-0.2, -0.15) is 0 Å². The molecule has 0 bridgehead atoms. The van der Waals surface area contributed by atoms with Crippen molar-refractivity contribution in [2.75, 3.05) is 130 Å². The molecule has 0 fully saturated rings. The van der Waals surface area contributed by atoms with Crippen LogP contribution in [0.25, 0.3) is 0 Å². The second kappa shape index (κ2) is 34.6. The molecule has 1 N–H and O–H groups in total. The van der Waals surface area contributed by atoms with Gasteiger partial charge in [-0.1, -0.05) is 50.6 Å². The molecule has 0 aliphatic rings. The van der Waals surface area contributed by atoms with Crippen LogP contribution >= 0.6 is 64.8 Å². The summed E-state index contributed by atoms with van der Waals surface area (Å²) in [6.07, 6.45) is 5.37. The quantitative estimate of drug-likeness (QED) is 0.0507. The van der Waals surface area contributed by atoms with Crippen molar-refractivity contribution in [3.8, 4) is 0 Å². The maximum absolute atomic E-state index is 11.5. The second-order valence-corrected chi connectivity index (χ2v) is 18.8. The average Bonchev–Trinajstić information content (AvgIpc) is 3.24. The summed E-state index contributed by atoms with van der Waals surface area (Å²) in [6, 6.07) is 17.6. The molecule has 0 saturated heterocycles. The van der Waals surface area contributed by atoms with Crippen LogP contribution in [0.2, 0.25) is 0 Å². The Hall–Kier alpha value is -1.30. The van der Waals surface area contributed by atoms with Gasteiger partial charge in [0.05, 0.1) is 105 Å². The standard InChI is InChI=1S/C37H54N4O9S6/c1-38-33(42)28-46-17-21-50-32-37(29-47-18-14-43-22-25-51-54-34-8-2-5-11-39-34,30-48-19-15-44-23-26-52-55-35-9-3-6-12-40-35)31-49-20-16-45-24-27-53-56-36-10-4-7-13-41-36/h2-13H,14-32H2,1H3,(H,38,42). The van der Waals surface area contributed by atoms with Crippen molar-refractivity contribution >= 4 is 70.7 Å². The van der Waals surface area contributed by atoms with Gasteiger partial charge in [-0.3, -0.25) is 4.79 Å². The summed E-state index contributed by atoms with van der Waals surface area (Å²) < 4.78 is 47.5. The Morgan fingerprint density at radius 1 is 0.500 bits per heavy atom. The Labute approximate surface area is 355 Å². The number of hydrogen-bond acceptors (Lipinski definition) is 18. The first-order valence-corrected chi connectivity index (χ1v) is 25.1. The number of likely N-dealkylation sites (N-methyl/N-ethyl adjacent to an activating group) is 1. The van der Waals surface area contributed by atoms with E-state index < -0.39 is 5.41 Å². The molecule has 56 heavy (non-hydrogen) atoms. The van der Waals surface area contributed by atoms with Crippen molar-refractivity contribution in [3.05, 3.63) is 73.2 Å². The molecule has 3 aromatic rings. The fourth-order valence-electron chi connectivity index (χ4n) is 4.19. The van der Waals surface area contributed by atoms with Crippen molar-refractivity contribution in [2.24, 2.45) is 5.41 Å². The maximum Gasteiger partial charge on any atom is 0.245 e. The van der Waals surface area contributed by atoms with E-state index in [4.69, 9.17) is 37.9 Å². The number of hydrogen-bond donors (Lipinski definition) is 1. The van der Waals surface area contributed by atoms with Gasteiger partial charge in [0.25, 0.3) is 0 Å². The van der Waals surface area contributed by atoms with Crippen LogP contribution in [0.15, 0.2) is 88.3 Å². The van der Waals surface area contributed by atoms with Gasteiger partial charge in [0.15, 0.2) is 0 Å². The van der Waals surface area contributed by atoms with Gasteiger partial charge in [-0.15, -0.1) is 0 Å². The topological polar surface area (TPSA) is 142 Å². The van der Waals surface area contributed by atoms with Crippen LogP contribution in [0.1, 0.15) is 0 Å². The number of amides is 1. The Kier molecular flexibility index (Phi) is 30.3. The van der Waals surface area contributed by atoms with Crippen molar-refractivity contribution < 1.29 is 42.7 Å². The maximum atomic E-state index is 11.5. The zero-order valence-electron chi connectivity index (χ0n) is 31.8. The zero-order chi connectivity index (χ0) is 39.5. The van der Waals surface area contributed by atoms with Crippen LogP contribution in [-0.4, -0.2) is 151 Å². The monoisotopic (exact) mass is 890 g/mol. The van der Waals surface area contributed by atoms with E-state index in [0.29, 0.717) is 92.5 Å². The molecule has 3 heterocycles. The number of nitrogens with one attached hydrogen (secondary N) is 1. The highest BCUT2D eigenvalue weighted by Gasteiger charge is 2.32. The molecule has 0 saturated carbocycles. The van der Waals surface area contributed by atoms with Crippen LogP contribution < -0.4 is 5.32 Å². The molecule has 0 unspecified atom stereocenters. The van der Waals surface area contributed by atoms with Crippen LogP contribution in [0, 0.1) is 5.41 Å². The lowest BCUT2D eigenvalue weighted by atomic mass is 9.92. The largest absolute Gasteiger partial charge is 0.378 e. The lowest BCUT2D eigenvalue weighted by Crippen LogP contribution is -2.43. The summed E-state index contributed by atoms with van der Waals surface area (Å²) in [5.74, 6) is 2.30. The van der Waals surface area contributed by atoms with Gasteiger partial charge in [0, 0.05) is 42.9 Å². The highest BCUT2D eigenvalue weighted by Crippen LogP contribution is 2.30. The third-order valence-corrected chi connectivity index (χ3v) is 13.6. The van der Waals surface area contributed by atoms with E-state index in [1.165, 1.54) is 0 Å². The second-order valence-electron chi connectivity index (χ2n) is 11.5. The molecule has 0 aliphatic heterocycles. The molecule has 13 nitrogen and oxygen atoms in total. The molecule has 3 aromatic heterocycles. The third-order valence-electron chi connectivity index (χ3n) is 6.91. The molecule has 0 aromatic carbocycles. The predicted octanol–water partition coefficient (Wildman–Crippen LogP) is 6.36. The van der Waals surface area contributed by atoms with E-state index in [-0.39, 0.29) is 19.1 Å². The Morgan fingerprint density at radius 2 is 0.839 bits per heavy atom. The van der Waals surface area contributed by atoms with E-state index >= 15 is 0 Å². The lowest BCUT2D eigenvalue weighted by Gasteiger charge is -2.33. The van der Waals surface area contributed by atoms with Crippen molar-refractivity contribution in [2.45, 2.75) is 15.1 Å². The molecular formula is C37H54N4O9S6. The molecule has 0 atom stereocenters. The minimum Gasteiger partial charge on any atom is -0.378 e. The number of carbonyl (C=O) groups is 1. The summed E-state index contributed by atoms with van der Waals surface area (Å²) in [6.45, 7) is 6.19. The number of nitrogens with zero attached hydrogens (tertiary/aromatic N) is 3. The van der Waals surface area contributed by atoms with Gasteiger partial charge in [-0.25, -0.2) is 15.0 Å². The molecule has 0 aliphatic carbocycles. The molecule has 312 valence electrons. The molecule has 19 heteroatoms. The Morgan fingerprint density at radius 3 is 1.16 bits per heavy atom. The smallest absolute Gasteiger partial charge is 0.245 e. The number of carbonyl (C=O) groups excluding carboxylic acids is 1. The van der Waals surface area contributed by atoms with Gasteiger partial charge >= 0.3 is 0 Å². The summed E-state index contributed by atoms with van der Waals surface area (Å²) in [7, 11) is 11.6. The third kappa shape index (κ3) is 25.9. The van der Waals surface area contributed by atoms with E-state index in [1.54, 1.807) is 90.4 Å². The van der Waals surface area contributed by atoms with Crippen molar-refractivity contribution in [1.29, 1.82) is 0 Å². The molecular weight excluding hydrogens is 837 g/mol. The molecule has 0 radical (unpaired) electrons. The molecule has 0 spiro atoms. The van der Waals surface area contributed by atoms with Crippen LogP contribution in [0.4, 0.5) is 0 Å². The van der Waals surface area contributed by atoms with E-state index in [0.717, 1.165) is 32.3 Å². The zero-order valence-corrected chi connectivity index (χ0v) is 36.7. The summed E-state index contributed by atoms with van der Waals surface area (Å²) in [5, 5.41) is 5.47. The number of ether oxygens (including phenoxy) is 8. The van der Waals surface area contributed by atoms with E-state index in [9.17, 15) is 4.79 Å². The highest BCUT2D eigenvalue weighted by atomic mass is 33.1. The lowest BCUT2D eigenvalue weighted by molar-refractivity contribution is -0.128. The van der Waals surface area contributed by atoms with Gasteiger partial charge < -0.3 is 43.2 Å². The SMILES string of the molecule is CNC(=O)COCCOCC(COCCOCCSSc1ccccn1)(COCCOCCSSc1ccccn1)COCCOCCSSc1ccccn1. The van der Waals surface area contributed by atoms with Crippen LogP contribution in [0.5, 0.6) is 0 Å². The predicted molar refractivity (Wildman–Crippen MR) is 231 cm³/mol. The fourth-order valence-corrected chi connectivity index (χ4v) is 9.41. The first kappa shape index (κ1) is 49.1. The molecule has 3 rings (SSSR count). The van der Waals surface area contributed by atoms with Crippen molar-refractivity contribution in [1.82, 2.24) is 20.3 Å². The number of pyridine rings is 3. The fraction of sp³-hybridized carbons (Fsp3) is 0.568. The van der Waals surface area contributed by atoms with Crippen LogP contribution in [0.3, 0.4) is 0 Å². The van der Waals surface area contributed by atoms with Gasteiger partial charge in [0.1, 0.15) is 21.7 Å². The first-order chi connectivity index (χ1) is 27.7. The average molecular weight is 891 g/mol. The van der Waals surface area contributed by atoms with Crippen molar-refractivity contribution in [3.63, 3.8) is 0 Å². The van der Waals surface area contributed by atoms with E-state index in [2.05, 4.69) is 20.3 Å². The Bertz CT molecular complexity index is 1210. The van der Waals surface area contributed by atoms with Gasteiger partial charge in [-0.05, 0) is 68.8 Å². The number of aromatic nitrogens is 3. The normalized spacial score (nSPS) is 11.6. The highest BCUT2D eigenvalue weighted by molar-refractivity contribution is 8.77. The van der Waals surface area contributed by atoms with E-state index in [1.807, 2.05) is 54.6 Å². The first-order valence-electron chi connectivity index (χ1n) is 18.1. The summed E-state index contributed by atoms with van der Waals surface area (Å²) in [4.78, 5) is 24.5. The minimum atomic E-state index is -0.625. The minimum absolute atomic E-state index is 0.0264. The van der Waals surface area contributed by atoms with Crippen LogP contribution in [-0.2, 0) is 42.7 Å². The Balaban J connectivity index is 1.42. The van der Waals surface area contributed by atoms with Gasteiger partial charge in [0.2, 0.25) is 5.91 Å². The molecule has 1 amide bonds.